The maximum atomic E-state index is 9.26. The summed E-state index contributed by atoms with van der Waals surface area (Å²) in [5.41, 5.74) is 0.984. The van der Waals surface area contributed by atoms with Gasteiger partial charge in [-0.15, -0.1) is 11.3 Å². The van der Waals surface area contributed by atoms with Gasteiger partial charge in [0.15, 0.2) is 0 Å². The molecule has 0 saturated carbocycles. The third kappa shape index (κ3) is 1.38. The molecule has 0 unspecified atom stereocenters. The van der Waals surface area contributed by atoms with Crippen molar-refractivity contribution in [3.63, 3.8) is 0 Å². The van der Waals surface area contributed by atoms with Crippen molar-refractivity contribution in [3.8, 4) is 0 Å². The van der Waals surface area contributed by atoms with E-state index < -0.39 is 0 Å². The summed E-state index contributed by atoms with van der Waals surface area (Å²) in [5, 5.41) is 11.5. The number of aliphatic hydroxyl groups excluding tert-OH is 1. The van der Waals surface area contributed by atoms with E-state index in [1.165, 1.54) is 4.70 Å². The van der Waals surface area contributed by atoms with Gasteiger partial charge in [-0.1, -0.05) is 6.07 Å². The van der Waals surface area contributed by atoms with Gasteiger partial charge in [0.2, 0.25) is 0 Å². The number of thiophene rings is 1. The zero-order valence-electron chi connectivity index (χ0n) is 8.27. The van der Waals surface area contributed by atoms with Gasteiger partial charge >= 0.3 is 0 Å². The van der Waals surface area contributed by atoms with Gasteiger partial charge in [0, 0.05) is 31.0 Å². The molecule has 0 spiro atoms. The zero-order valence-corrected chi connectivity index (χ0v) is 10.7. The van der Waals surface area contributed by atoms with Gasteiger partial charge in [-0.25, -0.2) is 0 Å². The first-order valence-electron chi connectivity index (χ1n) is 4.86. The Kier molecular flexibility index (Phi) is 2.42. The molecular formula is C12H8BrNOS. The third-order valence-corrected chi connectivity index (χ3v) is 4.87. The summed E-state index contributed by atoms with van der Waals surface area (Å²) in [7, 11) is 0. The second-order valence-corrected chi connectivity index (χ2v) is 5.44. The van der Waals surface area contributed by atoms with Gasteiger partial charge in [-0.2, -0.15) is 0 Å². The summed E-state index contributed by atoms with van der Waals surface area (Å²) in [6.45, 7) is 0.0711. The quantitative estimate of drug-likeness (QED) is 0.742. The molecule has 0 fully saturated rings. The summed E-state index contributed by atoms with van der Waals surface area (Å²) in [4.78, 5) is 5.29. The largest absolute Gasteiger partial charge is 0.391 e. The lowest BCUT2D eigenvalue weighted by atomic mass is 10.1. The topological polar surface area (TPSA) is 33.1 Å². The number of halogens is 1. The van der Waals surface area contributed by atoms with Crippen molar-refractivity contribution in [2.75, 3.05) is 0 Å². The summed E-state index contributed by atoms with van der Waals surface area (Å²) in [6, 6.07) is 8.06. The molecule has 0 aliphatic rings. The average Bonchev–Trinajstić information content (AvgIpc) is 2.66. The Hall–Kier alpha value is -0.970. The van der Waals surface area contributed by atoms with Crippen molar-refractivity contribution in [3.05, 3.63) is 39.8 Å². The van der Waals surface area contributed by atoms with Crippen molar-refractivity contribution in [2.24, 2.45) is 0 Å². The number of hydrogen-bond acceptors (Lipinski definition) is 3. The van der Waals surface area contributed by atoms with Crippen molar-refractivity contribution in [1.82, 2.24) is 4.98 Å². The van der Waals surface area contributed by atoms with E-state index in [-0.39, 0.29) is 6.61 Å². The standard InChI is InChI=1S/C12H8BrNOS/c13-12-10(6-15)16-9-4-3-8-7(11(9)12)2-1-5-14-8/h1-5,15H,6H2. The first kappa shape index (κ1) is 10.2. The first-order chi connectivity index (χ1) is 7.81. The predicted molar refractivity (Wildman–Crippen MR) is 70.7 cm³/mol. The molecule has 2 heterocycles. The van der Waals surface area contributed by atoms with Crippen LogP contribution < -0.4 is 0 Å². The first-order valence-corrected chi connectivity index (χ1v) is 6.47. The maximum Gasteiger partial charge on any atom is 0.0786 e. The monoisotopic (exact) mass is 293 g/mol. The number of nitrogens with zero attached hydrogens (tertiary/aromatic N) is 1. The van der Waals surface area contributed by atoms with Gasteiger partial charge in [0.1, 0.15) is 0 Å². The number of pyridine rings is 1. The van der Waals surface area contributed by atoms with Crippen LogP contribution in [0.4, 0.5) is 0 Å². The Morgan fingerprint density at radius 1 is 1.31 bits per heavy atom. The van der Waals surface area contributed by atoms with E-state index in [1.807, 2.05) is 12.1 Å². The Morgan fingerprint density at radius 2 is 2.19 bits per heavy atom. The van der Waals surface area contributed by atoms with Crippen LogP contribution in [0.3, 0.4) is 0 Å². The Balaban J connectivity index is 2.54. The molecule has 0 aliphatic heterocycles. The Bertz CT molecular complexity index is 677. The normalized spacial score (nSPS) is 11.4. The van der Waals surface area contributed by atoms with Gasteiger partial charge in [0.25, 0.3) is 0 Å². The molecule has 0 aliphatic carbocycles. The Morgan fingerprint density at radius 3 is 3.00 bits per heavy atom. The van der Waals surface area contributed by atoms with E-state index >= 15 is 0 Å². The average molecular weight is 294 g/mol. The fraction of sp³-hybridized carbons (Fsp3) is 0.0833. The highest BCUT2D eigenvalue weighted by Crippen LogP contribution is 2.39. The van der Waals surface area contributed by atoms with E-state index in [9.17, 15) is 5.11 Å². The smallest absolute Gasteiger partial charge is 0.0786 e. The highest BCUT2D eigenvalue weighted by Gasteiger charge is 2.11. The molecule has 3 rings (SSSR count). The highest BCUT2D eigenvalue weighted by atomic mass is 79.9. The predicted octanol–water partition coefficient (Wildman–Crippen LogP) is 3.70. The van der Waals surface area contributed by atoms with Crippen LogP contribution in [-0.4, -0.2) is 10.1 Å². The number of rotatable bonds is 1. The van der Waals surface area contributed by atoms with E-state index in [0.29, 0.717) is 0 Å². The van der Waals surface area contributed by atoms with Gasteiger partial charge in [0.05, 0.1) is 12.1 Å². The number of aliphatic hydroxyl groups is 1. The summed E-state index contributed by atoms with van der Waals surface area (Å²) >= 11 is 5.17. The fourth-order valence-electron chi connectivity index (χ4n) is 1.86. The zero-order chi connectivity index (χ0) is 11.1. The van der Waals surface area contributed by atoms with Crippen molar-refractivity contribution in [1.29, 1.82) is 0 Å². The number of benzene rings is 1. The lowest BCUT2D eigenvalue weighted by Crippen LogP contribution is -1.79. The molecule has 80 valence electrons. The van der Waals surface area contributed by atoms with Gasteiger partial charge in [-0.3, -0.25) is 4.98 Å². The third-order valence-electron chi connectivity index (χ3n) is 2.59. The van der Waals surface area contributed by atoms with E-state index in [4.69, 9.17) is 0 Å². The molecule has 1 N–H and O–H groups in total. The van der Waals surface area contributed by atoms with Crippen LogP contribution in [0.25, 0.3) is 21.0 Å². The molecule has 2 aromatic heterocycles. The molecule has 3 aromatic rings. The van der Waals surface area contributed by atoms with E-state index in [2.05, 4.69) is 33.0 Å². The van der Waals surface area contributed by atoms with E-state index in [0.717, 1.165) is 25.6 Å². The van der Waals surface area contributed by atoms with Crippen molar-refractivity contribution < 1.29 is 5.11 Å². The molecule has 0 bridgehead atoms. The second-order valence-electron chi connectivity index (χ2n) is 3.51. The second kappa shape index (κ2) is 3.80. The van der Waals surface area contributed by atoms with Crippen LogP contribution in [-0.2, 0) is 6.61 Å². The fourth-order valence-corrected chi connectivity index (χ4v) is 3.76. The number of fused-ring (bicyclic) bond motifs is 3. The van der Waals surface area contributed by atoms with Crippen LogP contribution in [0.15, 0.2) is 34.9 Å². The molecule has 0 radical (unpaired) electrons. The lowest BCUT2D eigenvalue weighted by Gasteiger charge is -1.98. The minimum atomic E-state index is 0.0711. The minimum Gasteiger partial charge on any atom is -0.391 e. The summed E-state index contributed by atoms with van der Waals surface area (Å²) in [6.07, 6.45) is 1.79. The minimum absolute atomic E-state index is 0.0711. The van der Waals surface area contributed by atoms with Crippen molar-refractivity contribution in [2.45, 2.75) is 6.61 Å². The number of aromatic nitrogens is 1. The molecule has 16 heavy (non-hydrogen) atoms. The molecule has 1 aromatic carbocycles. The van der Waals surface area contributed by atoms with Crippen LogP contribution in [0, 0.1) is 0 Å². The van der Waals surface area contributed by atoms with Crippen LogP contribution in [0.2, 0.25) is 0 Å². The van der Waals surface area contributed by atoms with E-state index in [1.54, 1.807) is 17.5 Å². The van der Waals surface area contributed by atoms with Gasteiger partial charge in [-0.05, 0) is 34.1 Å². The molecular weight excluding hydrogens is 286 g/mol. The Labute approximate surface area is 105 Å². The van der Waals surface area contributed by atoms with Crippen LogP contribution in [0.1, 0.15) is 4.88 Å². The highest BCUT2D eigenvalue weighted by molar-refractivity contribution is 9.10. The van der Waals surface area contributed by atoms with Crippen LogP contribution >= 0.6 is 27.3 Å². The molecule has 0 saturated heterocycles. The molecule has 2 nitrogen and oxygen atoms in total. The molecule has 0 atom stereocenters. The number of hydrogen-bond donors (Lipinski definition) is 1. The lowest BCUT2D eigenvalue weighted by molar-refractivity contribution is 0.285. The molecule has 4 heteroatoms. The SMILES string of the molecule is OCc1sc2ccc3ncccc3c2c1Br. The maximum absolute atomic E-state index is 9.26. The summed E-state index contributed by atoms with van der Waals surface area (Å²) in [5.74, 6) is 0. The summed E-state index contributed by atoms with van der Waals surface area (Å²) < 4.78 is 2.17. The molecule has 0 amide bonds. The van der Waals surface area contributed by atoms with Gasteiger partial charge < -0.3 is 5.11 Å². The van der Waals surface area contributed by atoms with Crippen molar-refractivity contribution >= 4 is 48.3 Å². The van der Waals surface area contributed by atoms with Crippen LogP contribution in [0.5, 0.6) is 0 Å².